The van der Waals surface area contributed by atoms with Crippen LogP contribution < -0.4 is 10.1 Å². The van der Waals surface area contributed by atoms with E-state index in [0.29, 0.717) is 26.3 Å². The zero-order valence-electron chi connectivity index (χ0n) is 15.0. The highest BCUT2D eigenvalue weighted by Gasteiger charge is 2.00. The summed E-state index contributed by atoms with van der Waals surface area (Å²) in [5.41, 5.74) is 2.27. The Hall–Kier alpha value is -2.37. The molecule has 0 atom stereocenters. The number of carboxylic acid groups (broad SMARTS) is 1. The molecule has 0 radical (unpaired) electrons. The van der Waals surface area contributed by atoms with Crippen molar-refractivity contribution < 1.29 is 19.4 Å². The number of unbranched alkanes of at least 4 members (excludes halogenated alkanes) is 1. The summed E-state index contributed by atoms with van der Waals surface area (Å²) in [6, 6.07) is 18.0. The maximum absolute atomic E-state index is 10.5. The fourth-order valence-electron chi connectivity index (χ4n) is 2.43. The summed E-state index contributed by atoms with van der Waals surface area (Å²) in [5.74, 6) is 0.0510. The molecule has 0 saturated heterocycles. The van der Waals surface area contributed by atoms with Crippen LogP contribution in [0.15, 0.2) is 54.6 Å². The third-order valence-corrected chi connectivity index (χ3v) is 3.81. The minimum absolute atomic E-state index is 0.128. The molecule has 0 saturated carbocycles. The number of rotatable bonds is 13. The number of carbonyl (C=O) groups is 1. The van der Waals surface area contributed by atoms with Gasteiger partial charge >= 0.3 is 5.97 Å². The maximum atomic E-state index is 10.5. The van der Waals surface area contributed by atoms with Gasteiger partial charge in [-0.3, -0.25) is 4.79 Å². The Bertz CT molecular complexity index is 645. The Balaban J connectivity index is 1.54. The van der Waals surface area contributed by atoms with E-state index in [4.69, 9.17) is 14.6 Å². The molecule has 140 valence electrons. The predicted molar refractivity (Wildman–Crippen MR) is 101 cm³/mol. The summed E-state index contributed by atoms with van der Waals surface area (Å²) in [4.78, 5) is 10.5. The molecule has 0 amide bonds. The molecule has 2 aromatic rings. The summed E-state index contributed by atoms with van der Waals surface area (Å²) in [7, 11) is 0. The number of carboxylic acids is 1. The van der Waals surface area contributed by atoms with E-state index >= 15 is 0 Å². The first kappa shape index (κ1) is 19.9. The highest BCUT2D eigenvalue weighted by atomic mass is 16.5. The van der Waals surface area contributed by atoms with Crippen LogP contribution in [0.25, 0.3) is 0 Å². The molecule has 5 heteroatoms. The molecule has 2 aromatic carbocycles. The lowest BCUT2D eigenvalue weighted by Crippen LogP contribution is -2.17. The molecule has 0 aliphatic heterocycles. The van der Waals surface area contributed by atoms with Gasteiger partial charge in [0.15, 0.2) is 0 Å². The van der Waals surface area contributed by atoms with Gasteiger partial charge in [0.05, 0.1) is 19.6 Å². The van der Waals surface area contributed by atoms with Crippen LogP contribution in [0.5, 0.6) is 5.75 Å². The molecular formula is C21H27NO4. The molecule has 0 aliphatic carbocycles. The Labute approximate surface area is 155 Å². The van der Waals surface area contributed by atoms with Crippen LogP contribution in [0.1, 0.15) is 30.4 Å². The summed E-state index contributed by atoms with van der Waals surface area (Å²) >= 11 is 0. The Morgan fingerprint density at radius 2 is 1.73 bits per heavy atom. The maximum Gasteiger partial charge on any atom is 0.304 e. The number of hydrogen-bond acceptors (Lipinski definition) is 4. The molecule has 0 heterocycles. The van der Waals surface area contributed by atoms with Crippen molar-refractivity contribution in [2.75, 3.05) is 19.8 Å². The zero-order chi connectivity index (χ0) is 18.5. The monoisotopic (exact) mass is 357 g/mol. The second-order valence-electron chi connectivity index (χ2n) is 6.06. The summed E-state index contributed by atoms with van der Waals surface area (Å²) in [5, 5.41) is 11.7. The fourth-order valence-corrected chi connectivity index (χ4v) is 2.43. The molecule has 2 N–H and O–H groups in total. The van der Waals surface area contributed by atoms with E-state index in [1.165, 1.54) is 5.56 Å². The van der Waals surface area contributed by atoms with Crippen LogP contribution in [0.2, 0.25) is 0 Å². The van der Waals surface area contributed by atoms with Crippen LogP contribution in [0.4, 0.5) is 0 Å². The molecular weight excluding hydrogens is 330 g/mol. The van der Waals surface area contributed by atoms with Crippen molar-refractivity contribution in [3.8, 4) is 5.75 Å². The third-order valence-electron chi connectivity index (χ3n) is 3.81. The number of benzene rings is 2. The first-order valence-corrected chi connectivity index (χ1v) is 9.00. The van der Waals surface area contributed by atoms with Crippen LogP contribution >= 0.6 is 0 Å². The van der Waals surface area contributed by atoms with E-state index in [0.717, 1.165) is 30.8 Å². The van der Waals surface area contributed by atoms with Crippen molar-refractivity contribution in [2.24, 2.45) is 0 Å². The molecule has 26 heavy (non-hydrogen) atoms. The van der Waals surface area contributed by atoms with Crippen molar-refractivity contribution in [3.05, 3.63) is 65.7 Å². The van der Waals surface area contributed by atoms with E-state index in [1.54, 1.807) is 0 Å². The highest BCUT2D eigenvalue weighted by Crippen LogP contribution is 2.14. The van der Waals surface area contributed by atoms with Crippen LogP contribution in [-0.2, 0) is 22.7 Å². The average Bonchev–Trinajstić information content (AvgIpc) is 2.65. The van der Waals surface area contributed by atoms with Gasteiger partial charge in [0.2, 0.25) is 0 Å². The quantitative estimate of drug-likeness (QED) is 0.536. The largest absolute Gasteiger partial charge is 0.494 e. The Kier molecular flexibility index (Phi) is 9.25. The van der Waals surface area contributed by atoms with E-state index < -0.39 is 5.97 Å². The molecule has 0 unspecified atom stereocenters. The average molecular weight is 357 g/mol. The minimum Gasteiger partial charge on any atom is -0.494 e. The van der Waals surface area contributed by atoms with Gasteiger partial charge in [0, 0.05) is 19.7 Å². The normalized spacial score (nSPS) is 10.6. The molecule has 0 bridgehead atoms. The second-order valence-corrected chi connectivity index (χ2v) is 6.06. The number of hydrogen-bond donors (Lipinski definition) is 2. The second kappa shape index (κ2) is 12.1. The van der Waals surface area contributed by atoms with Gasteiger partial charge in [-0.05, 0) is 36.1 Å². The SMILES string of the molecule is O=C(O)CCNCc1cccc(OCCCCOCc2ccccc2)c1. The minimum atomic E-state index is -0.790. The smallest absolute Gasteiger partial charge is 0.304 e. The van der Waals surface area contributed by atoms with Gasteiger partial charge in [0.1, 0.15) is 5.75 Å². The van der Waals surface area contributed by atoms with E-state index in [-0.39, 0.29) is 6.42 Å². The molecule has 0 spiro atoms. The number of ether oxygens (including phenoxy) is 2. The zero-order valence-corrected chi connectivity index (χ0v) is 15.0. The summed E-state index contributed by atoms with van der Waals surface area (Å²) in [6.45, 7) is 3.14. The lowest BCUT2D eigenvalue weighted by molar-refractivity contribution is -0.136. The molecule has 5 nitrogen and oxygen atoms in total. The van der Waals surface area contributed by atoms with E-state index in [1.807, 2.05) is 42.5 Å². The fraction of sp³-hybridized carbons (Fsp3) is 0.381. The molecule has 0 aromatic heterocycles. The van der Waals surface area contributed by atoms with E-state index in [9.17, 15) is 4.79 Å². The molecule has 0 aliphatic rings. The number of nitrogens with one attached hydrogen (secondary N) is 1. The predicted octanol–water partition coefficient (Wildman–Crippen LogP) is 3.63. The molecule has 0 fully saturated rings. The van der Waals surface area contributed by atoms with Crippen LogP contribution in [0, 0.1) is 0 Å². The Morgan fingerprint density at radius 1 is 0.962 bits per heavy atom. The lowest BCUT2D eigenvalue weighted by atomic mass is 10.2. The van der Waals surface area contributed by atoms with Gasteiger partial charge in [-0.15, -0.1) is 0 Å². The first-order chi connectivity index (χ1) is 12.7. The van der Waals surface area contributed by atoms with Crippen molar-refractivity contribution >= 4 is 5.97 Å². The van der Waals surface area contributed by atoms with Gasteiger partial charge in [0.25, 0.3) is 0 Å². The standard InChI is InChI=1S/C21H27NO4/c23-21(24)11-12-22-16-19-9-6-10-20(15-19)26-14-5-4-13-25-17-18-7-2-1-3-8-18/h1-3,6-10,15,22H,4-5,11-14,16-17H2,(H,23,24). The van der Waals surface area contributed by atoms with Crippen molar-refractivity contribution in [3.63, 3.8) is 0 Å². The van der Waals surface area contributed by atoms with Crippen LogP contribution in [0.3, 0.4) is 0 Å². The first-order valence-electron chi connectivity index (χ1n) is 9.00. The topological polar surface area (TPSA) is 67.8 Å². The summed E-state index contributed by atoms with van der Waals surface area (Å²) < 4.78 is 11.4. The summed E-state index contributed by atoms with van der Waals surface area (Å²) in [6.07, 6.45) is 2.03. The van der Waals surface area contributed by atoms with Crippen molar-refractivity contribution in [1.82, 2.24) is 5.32 Å². The van der Waals surface area contributed by atoms with Crippen LogP contribution in [-0.4, -0.2) is 30.8 Å². The van der Waals surface area contributed by atoms with Gasteiger partial charge < -0.3 is 19.9 Å². The number of aliphatic carboxylic acids is 1. The lowest BCUT2D eigenvalue weighted by Gasteiger charge is -2.09. The van der Waals surface area contributed by atoms with Gasteiger partial charge in [-0.2, -0.15) is 0 Å². The molecule has 2 rings (SSSR count). The Morgan fingerprint density at radius 3 is 2.54 bits per heavy atom. The van der Waals surface area contributed by atoms with Crippen molar-refractivity contribution in [2.45, 2.75) is 32.4 Å². The highest BCUT2D eigenvalue weighted by molar-refractivity contribution is 5.66. The van der Waals surface area contributed by atoms with Gasteiger partial charge in [-0.1, -0.05) is 42.5 Å². The van der Waals surface area contributed by atoms with Crippen molar-refractivity contribution in [1.29, 1.82) is 0 Å². The third kappa shape index (κ3) is 8.65. The van der Waals surface area contributed by atoms with Gasteiger partial charge in [-0.25, -0.2) is 0 Å². The van der Waals surface area contributed by atoms with E-state index in [2.05, 4.69) is 17.4 Å².